The van der Waals surface area contributed by atoms with Gasteiger partial charge >= 0.3 is 0 Å². The Morgan fingerprint density at radius 2 is 2.12 bits per heavy atom. The van der Waals surface area contributed by atoms with E-state index in [0.29, 0.717) is 6.42 Å². The average Bonchev–Trinajstić information content (AvgIpc) is 2.64. The Kier molecular flexibility index (Phi) is 15.7. The van der Waals surface area contributed by atoms with E-state index in [4.69, 9.17) is 4.74 Å². The van der Waals surface area contributed by atoms with Crippen LogP contribution in [0, 0.1) is 0 Å². The Hall–Kier alpha value is -0.320. The van der Waals surface area contributed by atoms with Crippen molar-refractivity contribution >= 4 is 28.9 Å². The minimum atomic E-state index is 0. The summed E-state index contributed by atoms with van der Waals surface area (Å²) < 4.78 is 6.50. The van der Waals surface area contributed by atoms with Crippen molar-refractivity contribution in [1.29, 1.82) is 0 Å². The van der Waals surface area contributed by atoms with Gasteiger partial charge in [-0.05, 0) is 18.4 Å². The first-order valence-electron chi connectivity index (χ1n) is 4.41. The Labute approximate surface area is 115 Å². The first-order valence-corrected chi connectivity index (χ1v) is 6.27. The Bertz CT molecular complexity index is 271. The molecule has 1 atom stereocenters. The van der Waals surface area contributed by atoms with Gasteiger partial charge in [0, 0.05) is 19.3 Å². The third-order valence-corrected chi connectivity index (χ3v) is 4.02. The van der Waals surface area contributed by atoms with Gasteiger partial charge in [-0.15, -0.1) is 23.1 Å². The normalized spacial score (nSPS) is 10.5. The monoisotopic (exact) mass is 278 g/mol. The molecule has 1 rings (SSSR count). The molecule has 0 bridgehead atoms. The molecule has 0 saturated heterocycles. The molecule has 1 aromatic rings. The van der Waals surface area contributed by atoms with Gasteiger partial charge in [-0.25, -0.2) is 0 Å². The summed E-state index contributed by atoms with van der Waals surface area (Å²) in [6.07, 6.45) is 0.550. The fourth-order valence-electron chi connectivity index (χ4n) is 1.05. The number of carbonyl (C=O) groups is 1. The molecule has 0 aliphatic carbocycles. The number of rotatable bonds is 6. The predicted molar refractivity (Wildman–Crippen MR) is 81.3 cm³/mol. The number of ketones is 1. The van der Waals surface area contributed by atoms with Crippen LogP contribution in [-0.2, 0) is 9.53 Å². The lowest BCUT2D eigenvalue weighted by Gasteiger charge is -2.11. The Morgan fingerprint density at radius 1 is 1.47 bits per heavy atom. The molecule has 1 aromatic heterocycles. The molecule has 0 aliphatic heterocycles. The smallest absolute Gasteiger partial charge is 0.132 e. The van der Waals surface area contributed by atoms with Crippen LogP contribution in [0.3, 0.4) is 0 Å². The summed E-state index contributed by atoms with van der Waals surface area (Å²) in [7, 11) is 1.66. The van der Waals surface area contributed by atoms with Gasteiger partial charge in [-0.3, -0.25) is 4.79 Å². The minimum Gasteiger partial charge on any atom is -0.380 e. The van der Waals surface area contributed by atoms with Crippen LogP contribution in [0.15, 0.2) is 21.7 Å². The van der Waals surface area contributed by atoms with E-state index in [-0.39, 0.29) is 34.2 Å². The summed E-state index contributed by atoms with van der Waals surface area (Å²) >= 11 is 3.46. The molecule has 0 fully saturated rings. The van der Waals surface area contributed by atoms with Crippen LogP contribution in [0.25, 0.3) is 0 Å². The summed E-state index contributed by atoms with van der Waals surface area (Å²) in [5.41, 5.74) is 0. The third-order valence-electron chi connectivity index (χ3n) is 1.76. The molecule has 0 saturated carbocycles. The van der Waals surface area contributed by atoms with Crippen molar-refractivity contribution in [2.24, 2.45) is 0 Å². The van der Waals surface area contributed by atoms with E-state index in [0.717, 1.165) is 5.75 Å². The summed E-state index contributed by atoms with van der Waals surface area (Å²) in [6.45, 7) is 1.60. The van der Waals surface area contributed by atoms with Gasteiger partial charge in [0.25, 0.3) is 0 Å². The van der Waals surface area contributed by atoms with Crippen LogP contribution in [0.5, 0.6) is 0 Å². The number of hydrogen-bond acceptors (Lipinski definition) is 4. The standard InChI is InChI=1S/C10H14O2S2.3CH4/c1-8(11)6-9(12-2)7-14-10-4-3-5-13-10;;;/h3-5,9H,6-7H2,1-2H3;3*1H4. The van der Waals surface area contributed by atoms with Crippen LogP contribution in [0.4, 0.5) is 0 Å². The lowest BCUT2D eigenvalue weighted by molar-refractivity contribution is -0.119. The van der Waals surface area contributed by atoms with Crippen molar-refractivity contribution in [2.75, 3.05) is 12.9 Å². The minimum absolute atomic E-state index is 0. The maximum Gasteiger partial charge on any atom is 0.132 e. The highest BCUT2D eigenvalue weighted by Gasteiger charge is 2.10. The van der Waals surface area contributed by atoms with Crippen LogP contribution < -0.4 is 0 Å². The number of methoxy groups -OCH3 is 1. The number of ether oxygens (including phenoxy) is 1. The van der Waals surface area contributed by atoms with E-state index in [1.54, 1.807) is 37.1 Å². The molecule has 0 radical (unpaired) electrons. The Morgan fingerprint density at radius 3 is 2.53 bits per heavy atom. The first-order chi connectivity index (χ1) is 6.72. The second-order valence-electron chi connectivity index (χ2n) is 3.01. The summed E-state index contributed by atoms with van der Waals surface area (Å²) in [5.74, 6) is 1.03. The van der Waals surface area contributed by atoms with E-state index in [1.807, 2.05) is 6.07 Å². The van der Waals surface area contributed by atoms with Gasteiger partial charge in [-0.2, -0.15) is 0 Å². The van der Waals surface area contributed by atoms with Crippen molar-refractivity contribution in [3.8, 4) is 0 Å². The van der Waals surface area contributed by atoms with Crippen LogP contribution >= 0.6 is 23.1 Å². The molecule has 0 N–H and O–H groups in total. The Balaban J connectivity index is -0.000000653. The highest BCUT2D eigenvalue weighted by atomic mass is 32.2. The van der Waals surface area contributed by atoms with Crippen LogP contribution in [0.1, 0.15) is 35.6 Å². The highest BCUT2D eigenvalue weighted by Crippen LogP contribution is 2.25. The number of hydrogen-bond donors (Lipinski definition) is 0. The molecular weight excluding hydrogens is 252 g/mol. The van der Waals surface area contributed by atoms with Crippen molar-refractivity contribution < 1.29 is 9.53 Å². The van der Waals surface area contributed by atoms with E-state index in [2.05, 4.69) is 11.4 Å². The quantitative estimate of drug-likeness (QED) is 0.703. The average molecular weight is 278 g/mol. The summed E-state index contributed by atoms with van der Waals surface area (Å²) in [4.78, 5) is 10.9. The van der Waals surface area contributed by atoms with Crippen molar-refractivity contribution in [2.45, 2.75) is 45.9 Å². The molecule has 1 unspecified atom stereocenters. The zero-order valence-corrected chi connectivity index (χ0v) is 9.99. The number of thiophene rings is 1. The fourth-order valence-corrected chi connectivity index (χ4v) is 2.92. The van der Waals surface area contributed by atoms with Gasteiger partial charge in [0.15, 0.2) is 0 Å². The first kappa shape index (κ1) is 21.9. The second-order valence-corrected chi connectivity index (χ2v) is 5.27. The lowest BCUT2D eigenvalue weighted by Crippen LogP contribution is -2.17. The maximum absolute atomic E-state index is 10.9. The molecule has 102 valence electrons. The number of thioether (sulfide) groups is 1. The largest absolute Gasteiger partial charge is 0.380 e. The van der Waals surface area contributed by atoms with Gasteiger partial charge in [0.2, 0.25) is 0 Å². The van der Waals surface area contributed by atoms with E-state index in [1.165, 1.54) is 4.21 Å². The number of Topliss-reactive ketones (excluding diaryl/α,β-unsaturated/α-hetero) is 1. The zero-order chi connectivity index (χ0) is 10.4. The predicted octanol–water partition coefficient (Wildman–Crippen LogP) is 4.74. The van der Waals surface area contributed by atoms with Crippen molar-refractivity contribution in [3.05, 3.63) is 17.5 Å². The summed E-state index contributed by atoms with van der Waals surface area (Å²) in [6, 6.07) is 4.11. The molecule has 0 spiro atoms. The third kappa shape index (κ3) is 9.39. The van der Waals surface area contributed by atoms with Gasteiger partial charge in [0.05, 0.1) is 10.3 Å². The topological polar surface area (TPSA) is 26.3 Å². The van der Waals surface area contributed by atoms with E-state index >= 15 is 0 Å². The molecule has 2 nitrogen and oxygen atoms in total. The maximum atomic E-state index is 10.9. The van der Waals surface area contributed by atoms with E-state index < -0.39 is 0 Å². The zero-order valence-electron chi connectivity index (χ0n) is 8.36. The second kappa shape index (κ2) is 12.1. The molecule has 0 aliphatic rings. The van der Waals surface area contributed by atoms with Crippen molar-refractivity contribution in [3.63, 3.8) is 0 Å². The molecule has 0 amide bonds. The lowest BCUT2D eigenvalue weighted by atomic mass is 10.2. The number of carbonyl (C=O) groups excluding carboxylic acids is 1. The van der Waals surface area contributed by atoms with E-state index in [9.17, 15) is 4.79 Å². The molecule has 17 heavy (non-hydrogen) atoms. The van der Waals surface area contributed by atoms with Gasteiger partial charge in [0.1, 0.15) is 5.78 Å². The SMILES string of the molecule is C.C.C.COC(CSc1cccs1)CC(C)=O. The summed E-state index contributed by atoms with van der Waals surface area (Å²) in [5, 5.41) is 2.05. The molecule has 0 aromatic carbocycles. The van der Waals surface area contributed by atoms with Gasteiger partial charge < -0.3 is 4.74 Å². The van der Waals surface area contributed by atoms with Gasteiger partial charge in [-0.1, -0.05) is 28.3 Å². The van der Waals surface area contributed by atoms with Crippen LogP contribution in [-0.4, -0.2) is 24.7 Å². The molecule has 4 heteroatoms. The highest BCUT2D eigenvalue weighted by molar-refractivity contribution is 8.01. The van der Waals surface area contributed by atoms with Crippen LogP contribution in [0.2, 0.25) is 0 Å². The molecule has 1 heterocycles. The van der Waals surface area contributed by atoms with Crippen molar-refractivity contribution in [1.82, 2.24) is 0 Å². The molecular formula is C13H26O2S2. The fraction of sp³-hybridized carbons (Fsp3) is 0.615.